The zero-order valence-electron chi connectivity index (χ0n) is 5.80. The number of allylic oxidation sites excluding steroid dienone is 4. The lowest BCUT2D eigenvalue weighted by atomic mass is 10.1. The Balaban J connectivity index is 2.75. The van der Waals surface area contributed by atoms with Gasteiger partial charge in [0.2, 0.25) is 0 Å². The highest BCUT2D eigenvalue weighted by molar-refractivity contribution is 6.24. The number of hydrogen-bond acceptors (Lipinski definition) is 1. The molecule has 0 aromatic rings. The summed E-state index contributed by atoms with van der Waals surface area (Å²) in [5.74, 6) is 0.799. The molecule has 1 atom stereocenters. The maximum absolute atomic E-state index is 5.83. The first kappa shape index (κ1) is 7.42. The molecule has 0 fully saturated rings. The predicted octanol–water partition coefficient (Wildman–Crippen LogP) is 2.25. The molecule has 0 amide bonds. The molecule has 0 saturated heterocycles. The molecule has 1 rings (SSSR count). The van der Waals surface area contributed by atoms with Crippen LogP contribution < -0.4 is 0 Å². The Morgan fingerprint density at radius 1 is 1.60 bits per heavy atom. The van der Waals surface area contributed by atoms with Crippen molar-refractivity contribution in [1.82, 2.24) is 0 Å². The predicted molar refractivity (Wildman–Crippen MR) is 43.0 cm³/mol. The van der Waals surface area contributed by atoms with Crippen molar-refractivity contribution in [2.45, 2.75) is 5.38 Å². The van der Waals surface area contributed by atoms with Gasteiger partial charge in [0, 0.05) is 0 Å². The summed E-state index contributed by atoms with van der Waals surface area (Å²) in [7, 11) is 1.62. The first-order valence-corrected chi connectivity index (χ1v) is 3.44. The van der Waals surface area contributed by atoms with Crippen molar-refractivity contribution in [1.29, 1.82) is 0 Å². The zero-order chi connectivity index (χ0) is 7.56. The molecule has 0 bridgehead atoms. The van der Waals surface area contributed by atoms with Gasteiger partial charge in [-0.05, 0) is 17.7 Å². The molecule has 1 aliphatic rings. The molecule has 1 aliphatic carbocycles. The number of methoxy groups -OCH3 is 1. The number of alkyl halides is 1. The quantitative estimate of drug-likeness (QED) is 0.530. The van der Waals surface area contributed by atoms with Crippen LogP contribution in [0.3, 0.4) is 0 Å². The lowest BCUT2D eigenvalue weighted by Gasteiger charge is -2.11. The van der Waals surface area contributed by atoms with Gasteiger partial charge in [0.05, 0.1) is 12.5 Å². The number of halogens is 1. The third kappa shape index (κ3) is 1.42. The van der Waals surface area contributed by atoms with Crippen LogP contribution in [0.1, 0.15) is 0 Å². The topological polar surface area (TPSA) is 9.23 Å². The Morgan fingerprint density at radius 3 is 2.80 bits per heavy atom. The van der Waals surface area contributed by atoms with Crippen LogP contribution in [-0.4, -0.2) is 12.5 Å². The molecule has 1 unspecified atom stereocenters. The largest absolute Gasteiger partial charge is 0.497 e. The lowest BCUT2D eigenvalue weighted by Crippen LogP contribution is -2.02. The fourth-order valence-corrected chi connectivity index (χ4v) is 0.921. The highest BCUT2D eigenvalue weighted by atomic mass is 35.5. The van der Waals surface area contributed by atoms with Crippen LogP contribution in [0.2, 0.25) is 0 Å². The summed E-state index contributed by atoms with van der Waals surface area (Å²) < 4.78 is 4.96. The Hall–Kier alpha value is -0.690. The van der Waals surface area contributed by atoms with Crippen molar-refractivity contribution in [3.05, 3.63) is 36.1 Å². The minimum absolute atomic E-state index is 0.111. The molecule has 0 saturated carbocycles. The van der Waals surface area contributed by atoms with Crippen LogP contribution >= 0.6 is 11.6 Å². The molecule has 0 radical (unpaired) electrons. The Labute approximate surface area is 65.6 Å². The molecule has 0 spiro atoms. The highest BCUT2D eigenvalue weighted by Crippen LogP contribution is 2.19. The van der Waals surface area contributed by atoms with Gasteiger partial charge in [-0.1, -0.05) is 12.7 Å². The molecule has 0 N–H and O–H groups in total. The van der Waals surface area contributed by atoms with Gasteiger partial charge >= 0.3 is 0 Å². The van der Waals surface area contributed by atoms with Gasteiger partial charge in [0.25, 0.3) is 0 Å². The van der Waals surface area contributed by atoms with Gasteiger partial charge in [0.15, 0.2) is 0 Å². The molecule has 10 heavy (non-hydrogen) atoms. The SMILES string of the molecule is C=C1C=CC(OC)=CC1Cl. The number of ether oxygens (including phenoxy) is 1. The summed E-state index contributed by atoms with van der Waals surface area (Å²) in [6.45, 7) is 3.75. The van der Waals surface area contributed by atoms with Gasteiger partial charge < -0.3 is 4.74 Å². The third-order valence-electron chi connectivity index (χ3n) is 1.36. The minimum atomic E-state index is -0.111. The molecule has 2 heteroatoms. The fraction of sp³-hybridized carbons (Fsp3) is 0.250. The van der Waals surface area contributed by atoms with Crippen LogP contribution in [0.25, 0.3) is 0 Å². The molecular formula is C8H9ClO. The van der Waals surface area contributed by atoms with E-state index < -0.39 is 0 Å². The lowest BCUT2D eigenvalue weighted by molar-refractivity contribution is 0.305. The molecule has 54 valence electrons. The molecule has 0 aromatic carbocycles. The number of rotatable bonds is 1. The van der Waals surface area contributed by atoms with Crippen LogP contribution in [0, 0.1) is 0 Å². The van der Waals surface area contributed by atoms with Crippen LogP contribution in [0.15, 0.2) is 36.1 Å². The summed E-state index contributed by atoms with van der Waals surface area (Å²) in [5.41, 5.74) is 0.905. The zero-order valence-corrected chi connectivity index (χ0v) is 6.56. The van der Waals surface area contributed by atoms with Crippen molar-refractivity contribution < 1.29 is 4.74 Å². The fourth-order valence-electron chi connectivity index (χ4n) is 0.724. The van der Waals surface area contributed by atoms with E-state index in [1.807, 2.05) is 18.2 Å². The third-order valence-corrected chi connectivity index (χ3v) is 1.77. The van der Waals surface area contributed by atoms with Crippen molar-refractivity contribution in [2.75, 3.05) is 7.11 Å². The Morgan fingerprint density at radius 2 is 2.30 bits per heavy atom. The standard InChI is InChI=1S/C8H9ClO/c1-6-3-4-7(10-2)5-8(6)9/h3-5,8H,1H2,2H3. The van der Waals surface area contributed by atoms with Gasteiger partial charge in [-0.15, -0.1) is 11.6 Å². The van der Waals surface area contributed by atoms with Gasteiger partial charge in [0.1, 0.15) is 5.76 Å². The van der Waals surface area contributed by atoms with Crippen LogP contribution in [0.5, 0.6) is 0 Å². The maximum Gasteiger partial charge on any atom is 0.116 e. The Bertz CT molecular complexity index is 203. The van der Waals surface area contributed by atoms with Gasteiger partial charge in [-0.3, -0.25) is 0 Å². The van der Waals surface area contributed by atoms with E-state index in [4.69, 9.17) is 16.3 Å². The summed E-state index contributed by atoms with van der Waals surface area (Å²) in [6.07, 6.45) is 5.53. The monoisotopic (exact) mass is 156 g/mol. The van der Waals surface area contributed by atoms with Crippen LogP contribution in [-0.2, 0) is 4.74 Å². The highest BCUT2D eigenvalue weighted by Gasteiger charge is 2.08. The molecule has 0 aliphatic heterocycles. The second-order valence-corrected chi connectivity index (χ2v) is 2.55. The van der Waals surface area contributed by atoms with Gasteiger partial charge in [-0.25, -0.2) is 0 Å². The van der Waals surface area contributed by atoms with Crippen molar-refractivity contribution >= 4 is 11.6 Å². The number of hydrogen-bond donors (Lipinski definition) is 0. The molecular weight excluding hydrogens is 148 g/mol. The second kappa shape index (κ2) is 2.93. The van der Waals surface area contributed by atoms with E-state index in [0.29, 0.717) is 0 Å². The Kier molecular flexibility index (Phi) is 2.17. The summed E-state index contributed by atoms with van der Waals surface area (Å²) in [4.78, 5) is 0. The van der Waals surface area contributed by atoms with E-state index in [9.17, 15) is 0 Å². The van der Waals surface area contributed by atoms with Crippen molar-refractivity contribution in [2.24, 2.45) is 0 Å². The average Bonchev–Trinajstić information content (AvgIpc) is 1.95. The maximum atomic E-state index is 5.83. The minimum Gasteiger partial charge on any atom is -0.497 e. The van der Waals surface area contributed by atoms with E-state index in [0.717, 1.165) is 11.3 Å². The molecule has 0 aromatic heterocycles. The van der Waals surface area contributed by atoms with Crippen molar-refractivity contribution in [3.63, 3.8) is 0 Å². The van der Waals surface area contributed by atoms with Crippen molar-refractivity contribution in [3.8, 4) is 0 Å². The summed E-state index contributed by atoms with van der Waals surface area (Å²) in [5, 5.41) is -0.111. The van der Waals surface area contributed by atoms with E-state index >= 15 is 0 Å². The van der Waals surface area contributed by atoms with Crippen LogP contribution in [0.4, 0.5) is 0 Å². The molecule has 1 nitrogen and oxygen atoms in total. The van der Waals surface area contributed by atoms with E-state index in [1.165, 1.54) is 0 Å². The molecule has 0 heterocycles. The summed E-state index contributed by atoms with van der Waals surface area (Å²) in [6, 6.07) is 0. The average molecular weight is 157 g/mol. The first-order valence-electron chi connectivity index (χ1n) is 3.01. The van der Waals surface area contributed by atoms with E-state index in [2.05, 4.69) is 6.58 Å². The smallest absolute Gasteiger partial charge is 0.116 e. The first-order chi connectivity index (χ1) is 4.74. The second-order valence-electron chi connectivity index (χ2n) is 2.08. The normalized spacial score (nSPS) is 24.4. The van der Waals surface area contributed by atoms with E-state index in [-0.39, 0.29) is 5.38 Å². The van der Waals surface area contributed by atoms with E-state index in [1.54, 1.807) is 7.11 Å². The summed E-state index contributed by atoms with van der Waals surface area (Å²) >= 11 is 5.83. The van der Waals surface area contributed by atoms with Gasteiger partial charge in [-0.2, -0.15) is 0 Å².